The number of carbonyl (C=O) groups excluding carboxylic acids is 2. The fourth-order valence-electron chi connectivity index (χ4n) is 5.77. The lowest BCUT2D eigenvalue weighted by molar-refractivity contribution is -0.907. The molecule has 1 heterocycles. The van der Waals surface area contributed by atoms with Gasteiger partial charge in [-0.15, -0.1) is 0 Å². The molecule has 5 nitrogen and oxygen atoms in total. The molecule has 1 unspecified atom stereocenters. The van der Waals surface area contributed by atoms with Gasteiger partial charge in [0.25, 0.3) is 11.8 Å². The predicted molar refractivity (Wildman–Crippen MR) is 165 cm³/mol. The van der Waals surface area contributed by atoms with Gasteiger partial charge in [-0.25, -0.2) is 0 Å². The van der Waals surface area contributed by atoms with Crippen molar-refractivity contribution in [2.75, 3.05) is 25.0 Å². The molecule has 1 atom stereocenters. The topological polar surface area (TPSA) is 53.9 Å². The summed E-state index contributed by atoms with van der Waals surface area (Å²) in [7, 11) is 2.29. The molecule has 0 spiro atoms. The molecule has 1 aliphatic carbocycles. The zero-order valence-corrected chi connectivity index (χ0v) is 24.4. The molecule has 0 aromatic heterocycles. The lowest BCUT2D eigenvalue weighted by atomic mass is 9.94. The van der Waals surface area contributed by atoms with Gasteiger partial charge >= 0.3 is 0 Å². The van der Waals surface area contributed by atoms with E-state index in [2.05, 4.69) is 31.4 Å². The Balaban J connectivity index is 1.31. The second-order valence-electron chi connectivity index (χ2n) is 11.1. The van der Waals surface area contributed by atoms with Crippen LogP contribution in [0.3, 0.4) is 0 Å². The molecule has 2 amide bonds. The number of fused-ring (bicyclic) bond motifs is 1. The van der Waals surface area contributed by atoms with Crippen molar-refractivity contribution in [1.29, 1.82) is 0 Å². The maximum atomic E-state index is 13.8. The van der Waals surface area contributed by atoms with Crippen LogP contribution in [0.5, 0.6) is 0 Å². The number of nitrogens with zero attached hydrogens (tertiary/aromatic N) is 1. The second-order valence-corrected chi connectivity index (χ2v) is 12.2. The van der Waals surface area contributed by atoms with Gasteiger partial charge in [-0.1, -0.05) is 78.3 Å². The van der Waals surface area contributed by atoms with Crippen molar-refractivity contribution < 1.29 is 14.5 Å². The van der Waals surface area contributed by atoms with Gasteiger partial charge in [-0.3, -0.25) is 9.59 Å². The molecule has 0 radical (unpaired) electrons. The number of amides is 2. The van der Waals surface area contributed by atoms with Crippen molar-refractivity contribution >= 4 is 35.3 Å². The minimum absolute atomic E-state index is 0.0471. The average Bonchev–Trinajstić information content (AvgIpc) is 2.98. The van der Waals surface area contributed by atoms with Crippen LogP contribution in [0.25, 0.3) is 6.08 Å². The van der Waals surface area contributed by atoms with E-state index in [9.17, 15) is 9.59 Å². The minimum Gasteiger partial charge on any atom is -0.352 e. The van der Waals surface area contributed by atoms with E-state index in [4.69, 9.17) is 0 Å². The van der Waals surface area contributed by atoms with Crippen LogP contribution >= 0.6 is 11.8 Å². The average molecular weight is 555 g/mol. The molecule has 1 aliphatic heterocycles. The van der Waals surface area contributed by atoms with Crippen LogP contribution in [0, 0.1) is 6.92 Å². The standard InChI is InChI=1S/C34H39N3O2S/c1-25-11-9-14-27(21-25)24-37-30-23-28(33(38)35-19-10-20-36(2)29-15-7-4-8-16-29)17-18-31(30)40-32(34(37)39)22-26-12-5-3-6-13-26/h3,5-6,9,11-14,17-18,21-23,29H,4,7-8,10,15-16,19-20,24H2,1-2H3,(H,35,38)/p+1. The first-order valence-electron chi connectivity index (χ1n) is 14.5. The van der Waals surface area contributed by atoms with E-state index in [-0.39, 0.29) is 11.8 Å². The Kier molecular flexibility index (Phi) is 9.40. The van der Waals surface area contributed by atoms with Crippen LogP contribution < -0.4 is 15.1 Å². The van der Waals surface area contributed by atoms with Crippen molar-refractivity contribution in [3.05, 3.63) is 100.0 Å². The van der Waals surface area contributed by atoms with E-state index in [1.165, 1.54) is 43.9 Å². The van der Waals surface area contributed by atoms with Crippen LogP contribution in [-0.4, -0.2) is 38.0 Å². The third-order valence-corrected chi connectivity index (χ3v) is 9.12. The van der Waals surface area contributed by atoms with Gasteiger partial charge in [-0.2, -0.15) is 0 Å². The second kappa shape index (κ2) is 13.3. The summed E-state index contributed by atoms with van der Waals surface area (Å²) in [5.41, 5.74) is 4.58. The van der Waals surface area contributed by atoms with Crippen LogP contribution in [0.2, 0.25) is 0 Å². The summed E-state index contributed by atoms with van der Waals surface area (Å²) < 4.78 is 0. The Bertz CT molecular complexity index is 1360. The van der Waals surface area contributed by atoms with Gasteiger partial charge in [0.2, 0.25) is 0 Å². The van der Waals surface area contributed by atoms with Crippen LogP contribution in [-0.2, 0) is 11.3 Å². The number of carbonyl (C=O) groups is 2. The number of hydrogen-bond acceptors (Lipinski definition) is 3. The minimum atomic E-state index is -0.0864. The summed E-state index contributed by atoms with van der Waals surface area (Å²) in [4.78, 5) is 32.0. The summed E-state index contributed by atoms with van der Waals surface area (Å²) >= 11 is 1.47. The van der Waals surface area contributed by atoms with Crippen molar-refractivity contribution in [1.82, 2.24) is 5.32 Å². The molecule has 5 rings (SSSR count). The molecular formula is C34H40N3O2S+. The molecule has 208 valence electrons. The Morgan fingerprint density at radius 1 is 1.02 bits per heavy atom. The number of rotatable bonds is 9. The van der Waals surface area contributed by atoms with Gasteiger partial charge in [0.1, 0.15) is 0 Å². The first-order chi connectivity index (χ1) is 19.5. The van der Waals surface area contributed by atoms with Crippen LogP contribution in [0.4, 0.5) is 5.69 Å². The molecule has 0 saturated heterocycles. The maximum absolute atomic E-state index is 13.8. The number of hydrogen-bond donors (Lipinski definition) is 2. The normalized spacial score (nSPS) is 17.5. The molecule has 2 aliphatic rings. The number of benzene rings is 3. The molecule has 2 N–H and O–H groups in total. The van der Waals surface area contributed by atoms with Crippen LogP contribution in [0.15, 0.2) is 82.6 Å². The quantitative estimate of drug-likeness (QED) is 0.266. The highest BCUT2D eigenvalue weighted by molar-refractivity contribution is 8.04. The van der Waals surface area contributed by atoms with E-state index < -0.39 is 0 Å². The van der Waals surface area contributed by atoms with Crippen molar-refractivity contribution in [2.24, 2.45) is 0 Å². The summed E-state index contributed by atoms with van der Waals surface area (Å²) in [6, 6.07) is 24.7. The highest BCUT2D eigenvalue weighted by Crippen LogP contribution is 2.43. The molecule has 1 saturated carbocycles. The number of aryl methyl sites for hydroxylation is 1. The van der Waals surface area contributed by atoms with E-state index in [1.807, 2.05) is 71.6 Å². The lowest BCUT2D eigenvalue weighted by Crippen LogP contribution is -3.13. The smallest absolute Gasteiger partial charge is 0.265 e. The van der Waals surface area contributed by atoms with E-state index in [1.54, 1.807) is 4.90 Å². The van der Waals surface area contributed by atoms with Gasteiger partial charge in [0, 0.05) is 23.4 Å². The Labute approximate surface area is 242 Å². The number of anilines is 1. The highest BCUT2D eigenvalue weighted by Gasteiger charge is 2.30. The monoisotopic (exact) mass is 554 g/mol. The maximum Gasteiger partial charge on any atom is 0.265 e. The predicted octanol–water partition coefficient (Wildman–Crippen LogP) is 5.64. The van der Waals surface area contributed by atoms with Gasteiger partial charge < -0.3 is 15.1 Å². The Hall–Kier alpha value is -3.35. The summed E-state index contributed by atoms with van der Waals surface area (Å²) in [6.45, 7) is 4.23. The van der Waals surface area contributed by atoms with Crippen molar-refractivity contribution in [3.8, 4) is 0 Å². The number of nitrogens with one attached hydrogen (secondary N) is 2. The third-order valence-electron chi connectivity index (χ3n) is 8.04. The molecule has 0 bridgehead atoms. The molecule has 40 heavy (non-hydrogen) atoms. The Morgan fingerprint density at radius 3 is 2.60 bits per heavy atom. The largest absolute Gasteiger partial charge is 0.352 e. The zero-order chi connectivity index (χ0) is 27.9. The summed E-state index contributed by atoms with van der Waals surface area (Å²) in [5, 5.41) is 3.11. The third kappa shape index (κ3) is 7.04. The molecular weight excluding hydrogens is 514 g/mol. The van der Waals surface area contributed by atoms with E-state index in [0.717, 1.165) is 46.3 Å². The lowest BCUT2D eigenvalue weighted by Gasteiger charge is -2.31. The van der Waals surface area contributed by atoms with Crippen molar-refractivity contribution in [3.63, 3.8) is 0 Å². The highest BCUT2D eigenvalue weighted by atomic mass is 32.2. The van der Waals surface area contributed by atoms with E-state index >= 15 is 0 Å². The molecule has 6 heteroatoms. The first-order valence-corrected chi connectivity index (χ1v) is 15.4. The number of quaternary nitrogens is 1. The Morgan fingerprint density at radius 2 is 1.82 bits per heavy atom. The molecule has 3 aromatic rings. The summed E-state index contributed by atoms with van der Waals surface area (Å²) in [5.74, 6) is -0.133. The van der Waals surface area contributed by atoms with Gasteiger partial charge in [0.05, 0.1) is 36.8 Å². The van der Waals surface area contributed by atoms with E-state index in [0.29, 0.717) is 23.6 Å². The molecule has 1 fully saturated rings. The van der Waals surface area contributed by atoms with Gasteiger partial charge in [0.15, 0.2) is 0 Å². The molecule has 3 aromatic carbocycles. The van der Waals surface area contributed by atoms with Gasteiger partial charge in [-0.05, 0) is 68.0 Å². The fraction of sp³-hybridized carbons (Fsp3) is 0.353. The van der Waals surface area contributed by atoms with Crippen molar-refractivity contribution in [2.45, 2.75) is 62.9 Å². The van der Waals surface area contributed by atoms with Crippen LogP contribution in [0.1, 0.15) is 65.6 Å². The SMILES string of the molecule is Cc1cccc(CN2C(=O)C(=Cc3ccccc3)Sc3ccc(C(=O)NCCC[NH+](C)C4CCCCC4)cc32)c1. The summed E-state index contributed by atoms with van der Waals surface area (Å²) in [6.07, 6.45) is 9.63. The number of thioether (sulfide) groups is 1. The first kappa shape index (κ1) is 28.2. The zero-order valence-electron chi connectivity index (χ0n) is 23.6. The fourth-order valence-corrected chi connectivity index (χ4v) is 6.81.